The molecule has 2 N–H and O–H groups in total. The molecule has 2 rings (SSSR count). The lowest BCUT2D eigenvalue weighted by atomic mass is 9.87. The molecule has 0 aromatic heterocycles. The van der Waals surface area contributed by atoms with E-state index in [0.29, 0.717) is 21.3 Å². The van der Waals surface area contributed by atoms with E-state index in [4.69, 9.17) is 4.74 Å². The molecule has 0 fully saturated rings. The highest BCUT2D eigenvalue weighted by atomic mass is 79.9. The van der Waals surface area contributed by atoms with Crippen LogP contribution in [0, 0.1) is 0 Å². The van der Waals surface area contributed by atoms with Gasteiger partial charge in [-0.15, -0.1) is 0 Å². The van der Waals surface area contributed by atoms with E-state index < -0.39 is 0 Å². The molecule has 5 nitrogen and oxygen atoms in total. The van der Waals surface area contributed by atoms with Gasteiger partial charge >= 0.3 is 0 Å². The molecule has 0 bridgehead atoms. The van der Waals surface area contributed by atoms with Crippen molar-refractivity contribution in [2.24, 2.45) is 5.10 Å². The maximum atomic E-state index is 12.1. The number of nitrogens with zero attached hydrogens (tertiary/aromatic N) is 1. The summed E-state index contributed by atoms with van der Waals surface area (Å²) in [7, 11) is 1.46. The fourth-order valence-electron chi connectivity index (χ4n) is 2.18. The van der Waals surface area contributed by atoms with Gasteiger partial charge in [0.15, 0.2) is 11.5 Å². The highest BCUT2D eigenvalue weighted by molar-refractivity contribution is 9.10. The van der Waals surface area contributed by atoms with Crippen molar-refractivity contribution in [2.75, 3.05) is 7.11 Å². The van der Waals surface area contributed by atoms with E-state index in [1.807, 2.05) is 12.1 Å². The first-order valence-corrected chi connectivity index (χ1v) is 8.52. The highest BCUT2D eigenvalue weighted by Crippen LogP contribution is 2.34. The Morgan fingerprint density at radius 1 is 1.24 bits per heavy atom. The number of carbonyl (C=O) groups excluding carboxylic acids is 1. The van der Waals surface area contributed by atoms with Gasteiger partial charge in [-0.05, 0) is 56.7 Å². The average Bonchev–Trinajstić information content (AvgIpc) is 2.57. The Balaban J connectivity index is 2.07. The van der Waals surface area contributed by atoms with E-state index in [1.54, 1.807) is 24.3 Å². The summed E-state index contributed by atoms with van der Waals surface area (Å²) in [6, 6.07) is 10.7. The Kier molecular flexibility index (Phi) is 5.85. The van der Waals surface area contributed by atoms with E-state index in [9.17, 15) is 9.90 Å². The summed E-state index contributed by atoms with van der Waals surface area (Å²) in [6.07, 6.45) is 1.48. The third-order valence-corrected chi connectivity index (χ3v) is 4.27. The number of phenols is 1. The molecule has 25 heavy (non-hydrogen) atoms. The smallest absolute Gasteiger partial charge is 0.271 e. The molecule has 0 aliphatic heterocycles. The first kappa shape index (κ1) is 19.0. The number of aromatic hydroxyl groups is 1. The Morgan fingerprint density at radius 3 is 2.44 bits per heavy atom. The number of ether oxygens (including phenoxy) is 1. The van der Waals surface area contributed by atoms with E-state index in [0.717, 1.165) is 5.56 Å². The van der Waals surface area contributed by atoms with Gasteiger partial charge in [0.05, 0.1) is 17.8 Å². The quantitative estimate of drug-likeness (QED) is 0.591. The monoisotopic (exact) mass is 404 g/mol. The number of hydrogen-bond acceptors (Lipinski definition) is 4. The van der Waals surface area contributed by atoms with Crippen molar-refractivity contribution in [1.82, 2.24) is 5.43 Å². The molecule has 0 unspecified atom stereocenters. The molecule has 0 aliphatic carbocycles. The molecule has 2 aromatic rings. The molecule has 1 amide bonds. The molecule has 6 heteroatoms. The summed E-state index contributed by atoms with van der Waals surface area (Å²) in [6.45, 7) is 6.36. The minimum atomic E-state index is -0.290. The number of nitrogens with one attached hydrogen (secondary N) is 1. The Hall–Kier alpha value is -2.34. The van der Waals surface area contributed by atoms with Crippen molar-refractivity contribution in [3.05, 3.63) is 57.6 Å². The number of rotatable bonds is 4. The van der Waals surface area contributed by atoms with Crippen LogP contribution in [0.15, 0.2) is 46.0 Å². The Morgan fingerprint density at radius 2 is 1.88 bits per heavy atom. The van der Waals surface area contributed by atoms with Crippen LogP contribution >= 0.6 is 15.9 Å². The van der Waals surface area contributed by atoms with Gasteiger partial charge in [0.25, 0.3) is 5.91 Å². The maximum Gasteiger partial charge on any atom is 0.271 e. The van der Waals surface area contributed by atoms with Gasteiger partial charge in [-0.2, -0.15) is 5.10 Å². The van der Waals surface area contributed by atoms with E-state index >= 15 is 0 Å². The lowest BCUT2D eigenvalue weighted by Gasteiger charge is -2.18. The minimum absolute atomic E-state index is 0.0163. The highest BCUT2D eigenvalue weighted by Gasteiger charge is 2.14. The van der Waals surface area contributed by atoms with Crippen LogP contribution in [0.25, 0.3) is 0 Å². The summed E-state index contributed by atoms with van der Waals surface area (Å²) < 4.78 is 5.56. The molecule has 2 aromatic carbocycles. The second-order valence-electron chi connectivity index (χ2n) is 6.58. The van der Waals surface area contributed by atoms with Crippen molar-refractivity contribution in [3.8, 4) is 11.5 Å². The van der Waals surface area contributed by atoms with Crippen LogP contribution < -0.4 is 10.2 Å². The van der Waals surface area contributed by atoms with Gasteiger partial charge in [0, 0.05) is 5.56 Å². The van der Waals surface area contributed by atoms with Gasteiger partial charge in [0.2, 0.25) is 0 Å². The number of benzene rings is 2. The lowest BCUT2D eigenvalue weighted by molar-refractivity contribution is 0.0955. The van der Waals surface area contributed by atoms with Crippen LogP contribution in [0.5, 0.6) is 11.5 Å². The number of phenolic OH excluding ortho intramolecular Hbond substituents is 1. The first-order chi connectivity index (χ1) is 11.7. The van der Waals surface area contributed by atoms with Gasteiger partial charge in [-0.3, -0.25) is 4.79 Å². The van der Waals surface area contributed by atoms with Crippen molar-refractivity contribution in [1.29, 1.82) is 0 Å². The molecule has 0 saturated heterocycles. The van der Waals surface area contributed by atoms with Crippen LogP contribution in [-0.4, -0.2) is 24.3 Å². The normalized spacial score (nSPS) is 11.6. The third-order valence-electron chi connectivity index (χ3n) is 3.66. The summed E-state index contributed by atoms with van der Waals surface area (Å²) in [5.74, 6) is 0.0454. The predicted octanol–water partition coefficient (Wildman–Crippen LogP) is 4.22. The zero-order valence-electron chi connectivity index (χ0n) is 14.6. The molecule has 132 valence electrons. The van der Waals surface area contributed by atoms with Crippen molar-refractivity contribution in [3.63, 3.8) is 0 Å². The number of hydrogen-bond donors (Lipinski definition) is 2. The SMILES string of the molecule is COc1cc(/C=N/NC(=O)c2ccc(C(C)(C)C)cc2)cc(Br)c1O. The zero-order chi connectivity index (χ0) is 18.6. The van der Waals surface area contributed by atoms with Crippen LogP contribution in [0.2, 0.25) is 0 Å². The molecule has 0 aliphatic rings. The summed E-state index contributed by atoms with van der Waals surface area (Å²) in [5.41, 5.74) is 4.90. The molecule has 0 saturated carbocycles. The van der Waals surface area contributed by atoms with Gasteiger partial charge in [-0.1, -0.05) is 32.9 Å². The van der Waals surface area contributed by atoms with Crippen LogP contribution in [0.1, 0.15) is 42.3 Å². The third kappa shape index (κ3) is 4.82. The Bertz CT molecular complexity index is 794. The topological polar surface area (TPSA) is 70.9 Å². The van der Waals surface area contributed by atoms with Gasteiger partial charge < -0.3 is 9.84 Å². The number of carbonyl (C=O) groups is 1. The first-order valence-electron chi connectivity index (χ1n) is 7.73. The number of methoxy groups -OCH3 is 1. The fraction of sp³-hybridized carbons (Fsp3) is 0.263. The number of halogens is 1. The summed E-state index contributed by atoms with van der Waals surface area (Å²) in [4.78, 5) is 12.1. The minimum Gasteiger partial charge on any atom is -0.503 e. The zero-order valence-corrected chi connectivity index (χ0v) is 16.2. The average molecular weight is 405 g/mol. The van der Waals surface area contributed by atoms with Crippen LogP contribution in [-0.2, 0) is 5.41 Å². The van der Waals surface area contributed by atoms with E-state index in [-0.39, 0.29) is 17.1 Å². The van der Waals surface area contributed by atoms with Crippen LogP contribution in [0.4, 0.5) is 0 Å². The molecule has 0 atom stereocenters. The molecule has 0 heterocycles. The summed E-state index contributed by atoms with van der Waals surface area (Å²) >= 11 is 3.24. The molecular formula is C19H21BrN2O3. The van der Waals surface area contributed by atoms with Crippen LogP contribution in [0.3, 0.4) is 0 Å². The molecule has 0 radical (unpaired) electrons. The van der Waals surface area contributed by atoms with Crippen molar-refractivity contribution >= 4 is 28.1 Å². The standard InChI is InChI=1S/C19H21BrN2O3/c1-19(2,3)14-7-5-13(6-8-14)18(24)22-21-11-12-9-15(20)17(23)16(10-12)25-4/h5-11,23H,1-4H3,(H,22,24)/b21-11+. The molecule has 0 spiro atoms. The largest absolute Gasteiger partial charge is 0.503 e. The predicted molar refractivity (Wildman–Crippen MR) is 103 cm³/mol. The van der Waals surface area contributed by atoms with E-state index in [2.05, 4.69) is 47.2 Å². The van der Waals surface area contributed by atoms with Gasteiger partial charge in [-0.25, -0.2) is 5.43 Å². The maximum absolute atomic E-state index is 12.1. The Labute approximate surface area is 155 Å². The number of amides is 1. The van der Waals surface area contributed by atoms with E-state index in [1.165, 1.54) is 13.3 Å². The van der Waals surface area contributed by atoms with Crippen molar-refractivity contribution < 1.29 is 14.6 Å². The summed E-state index contributed by atoms with van der Waals surface area (Å²) in [5, 5.41) is 13.7. The molecular weight excluding hydrogens is 384 g/mol. The fourth-order valence-corrected chi connectivity index (χ4v) is 2.64. The van der Waals surface area contributed by atoms with Gasteiger partial charge in [0.1, 0.15) is 0 Å². The second-order valence-corrected chi connectivity index (χ2v) is 7.43. The number of hydrazone groups is 1. The van der Waals surface area contributed by atoms with Crippen molar-refractivity contribution in [2.45, 2.75) is 26.2 Å². The lowest BCUT2D eigenvalue weighted by Crippen LogP contribution is -2.18. The second kappa shape index (κ2) is 7.70.